The molecule has 1 amide bonds. The molecule has 104 valence electrons. The van der Waals surface area contributed by atoms with Gasteiger partial charge in [-0.2, -0.15) is 0 Å². The molecule has 0 saturated carbocycles. The third-order valence-electron chi connectivity index (χ3n) is 3.13. The van der Waals surface area contributed by atoms with Crippen molar-refractivity contribution in [3.8, 4) is 0 Å². The number of para-hydroxylation sites is 1. The average Bonchev–Trinajstić information content (AvgIpc) is 2.58. The molecule has 1 aromatic rings. The maximum atomic E-state index is 12.0. The summed E-state index contributed by atoms with van der Waals surface area (Å²) in [5.41, 5.74) is 0.887. The van der Waals surface area contributed by atoms with Crippen LogP contribution in [-0.4, -0.2) is 50.4 Å². The van der Waals surface area contributed by atoms with Gasteiger partial charge in [0.2, 0.25) is 5.91 Å². The Bertz CT molecular complexity index is 528. The fraction of sp³-hybridized carbons (Fsp3) is 0.462. The standard InChI is InChI=1S/C13H18N2O3S/c16-13(11-14-12-5-2-1-3-6-12)15-7-4-9-19(17,18)10-8-15/h1-3,5-6,14H,4,7-11H2. The van der Waals surface area contributed by atoms with Gasteiger partial charge in [-0.25, -0.2) is 8.42 Å². The summed E-state index contributed by atoms with van der Waals surface area (Å²) in [4.78, 5) is 13.6. The first kappa shape index (κ1) is 13.9. The van der Waals surface area contributed by atoms with E-state index < -0.39 is 9.84 Å². The molecule has 5 nitrogen and oxygen atoms in total. The zero-order valence-corrected chi connectivity index (χ0v) is 11.5. The van der Waals surface area contributed by atoms with Crippen molar-refractivity contribution in [3.63, 3.8) is 0 Å². The van der Waals surface area contributed by atoms with Crippen LogP contribution in [0.15, 0.2) is 30.3 Å². The van der Waals surface area contributed by atoms with Crippen LogP contribution >= 0.6 is 0 Å². The molecule has 19 heavy (non-hydrogen) atoms. The van der Waals surface area contributed by atoms with Crippen molar-refractivity contribution in [2.24, 2.45) is 0 Å². The number of carbonyl (C=O) groups is 1. The molecule has 1 aromatic carbocycles. The Morgan fingerprint density at radius 2 is 1.89 bits per heavy atom. The van der Waals surface area contributed by atoms with Crippen molar-refractivity contribution < 1.29 is 13.2 Å². The van der Waals surface area contributed by atoms with E-state index in [9.17, 15) is 13.2 Å². The van der Waals surface area contributed by atoms with Crippen molar-refractivity contribution in [2.45, 2.75) is 6.42 Å². The molecule has 0 spiro atoms. The summed E-state index contributed by atoms with van der Waals surface area (Å²) in [6, 6.07) is 9.48. The van der Waals surface area contributed by atoms with Crippen LogP contribution in [-0.2, 0) is 14.6 Å². The number of anilines is 1. The normalized spacial score (nSPS) is 18.6. The quantitative estimate of drug-likeness (QED) is 0.888. The lowest BCUT2D eigenvalue weighted by Gasteiger charge is -2.20. The maximum absolute atomic E-state index is 12.0. The Morgan fingerprint density at radius 3 is 2.63 bits per heavy atom. The average molecular weight is 282 g/mol. The highest BCUT2D eigenvalue weighted by atomic mass is 32.2. The zero-order valence-electron chi connectivity index (χ0n) is 10.7. The topological polar surface area (TPSA) is 66.5 Å². The highest BCUT2D eigenvalue weighted by Gasteiger charge is 2.22. The number of carbonyl (C=O) groups excluding carboxylic acids is 1. The fourth-order valence-corrected chi connectivity index (χ4v) is 3.30. The van der Waals surface area contributed by atoms with E-state index in [-0.39, 0.29) is 24.0 Å². The predicted molar refractivity (Wildman–Crippen MR) is 74.8 cm³/mol. The van der Waals surface area contributed by atoms with Crippen molar-refractivity contribution >= 4 is 21.4 Å². The van der Waals surface area contributed by atoms with Crippen LogP contribution < -0.4 is 5.32 Å². The summed E-state index contributed by atoms with van der Waals surface area (Å²) < 4.78 is 22.9. The van der Waals surface area contributed by atoms with Gasteiger partial charge < -0.3 is 10.2 Å². The van der Waals surface area contributed by atoms with Crippen LogP contribution in [0.25, 0.3) is 0 Å². The lowest BCUT2D eigenvalue weighted by Crippen LogP contribution is -2.37. The first-order valence-corrected chi connectivity index (χ1v) is 8.16. The first-order valence-electron chi connectivity index (χ1n) is 6.34. The summed E-state index contributed by atoms with van der Waals surface area (Å²) in [5, 5.41) is 3.04. The van der Waals surface area contributed by atoms with Gasteiger partial charge in [-0.05, 0) is 18.6 Å². The van der Waals surface area contributed by atoms with E-state index in [1.54, 1.807) is 4.90 Å². The lowest BCUT2D eigenvalue weighted by atomic mass is 10.3. The molecule has 0 bridgehead atoms. The van der Waals surface area contributed by atoms with Gasteiger partial charge in [0, 0.05) is 18.8 Å². The number of hydrogen-bond acceptors (Lipinski definition) is 4. The molecule has 6 heteroatoms. The Balaban J connectivity index is 1.86. The van der Waals surface area contributed by atoms with Crippen LogP contribution in [0.4, 0.5) is 5.69 Å². The smallest absolute Gasteiger partial charge is 0.241 e. The van der Waals surface area contributed by atoms with Gasteiger partial charge in [0.25, 0.3) is 0 Å². The molecule has 0 unspecified atom stereocenters. The number of rotatable bonds is 3. The summed E-state index contributed by atoms with van der Waals surface area (Å²) >= 11 is 0. The lowest BCUT2D eigenvalue weighted by molar-refractivity contribution is -0.129. The van der Waals surface area contributed by atoms with Gasteiger partial charge in [0.05, 0.1) is 18.1 Å². The molecule has 0 aromatic heterocycles. The third-order valence-corrected chi connectivity index (χ3v) is 4.84. The number of nitrogens with one attached hydrogen (secondary N) is 1. The molecule has 1 heterocycles. The molecule has 1 N–H and O–H groups in total. The molecule has 1 saturated heterocycles. The molecule has 1 aliphatic rings. The highest BCUT2D eigenvalue weighted by molar-refractivity contribution is 7.91. The Kier molecular flexibility index (Phi) is 4.42. The van der Waals surface area contributed by atoms with Gasteiger partial charge in [-0.3, -0.25) is 4.79 Å². The maximum Gasteiger partial charge on any atom is 0.241 e. The van der Waals surface area contributed by atoms with E-state index in [4.69, 9.17) is 0 Å². The van der Waals surface area contributed by atoms with Gasteiger partial charge in [-0.1, -0.05) is 18.2 Å². The minimum atomic E-state index is -2.97. The number of hydrogen-bond donors (Lipinski definition) is 1. The molecule has 1 fully saturated rings. The van der Waals surface area contributed by atoms with Crippen LogP contribution in [0.3, 0.4) is 0 Å². The second-order valence-corrected chi connectivity index (χ2v) is 6.91. The van der Waals surface area contributed by atoms with E-state index in [0.717, 1.165) is 5.69 Å². The minimum absolute atomic E-state index is 0.0547. The molecule has 0 atom stereocenters. The van der Waals surface area contributed by atoms with Crippen molar-refractivity contribution in [2.75, 3.05) is 36.5 Å². The fourth-order valence-electron chi connectivity index (χ4n) is 2.03. The summed E-state index contributed by atoms with van der Waals surface area (Å²) in [6.07, 6.45) is 0.527. The van der Waals surface area contributed by atoms with E-state index in [2.05, 4.69) is 5.32 Å². The molecular weight excluding hydrogens is 264 g/mol. The summed E-state index contributed by atoms with van der Waals surface area (Å²) in [7, 11) is -2.97. The number of amides is 1. The van der Waals surface area contributed by atoms with E-state index in [0.29, 0.717) is 19.5 Å². The second kappa shape index (κ2) is 6.06. The summed E-state index contributed by atoms with van der Waals surface area (Å²) in [5.74, 6) is 0.202. The largest absolute Gasteiger partial charge is 0.376 e. The third kappa shape index (κ3) is 4.24. The second-order valence-electron chi connectivity index (χ2n) is 4.61. The van der Waals surface area contributed by atoms with Crippen molar-refractivity contribution in [1.82, 2.24) is 4.90 Å². The van der Waals surface area contributed by atoms with Gasteiger partial charge in [0.15, 0.2) is 9.84 Å². The van der Waals surface area contributed by atoms with Crippen molar-refractivity contribution in [3.05, 3.63) is 30.3 Å². The molecule has 0 radical (unpaired) electrons. The van der Waals surface area contributed by atoms with Crippen molar-refractivity contribution in [1.29, 1.82) is 0 Å². The zero-order chi connectivity index (χ0) is 13.7. The van der Waals surface area contributed by atoms with E-state index >= 15 is 0 Å². The van der Waals surface area contributed by atoms with Crippen LogP contribution in [0, 0.1) is 0 Å². The summed E-state index contributed by atoms with van der Waals surface area (Å²) in [6.45, 7) is 1.02. The van der Waals surface area contributed by atoms with E-state index in [1.807, 2.05) is 30.3 Å². The van der Waals surface area contributed by atoms with Gasteiger partial charge in [0.1, 0.15) is 0 Å². The van der Waals surface area contributed by atoms with Crippen LogP contribution in [0.1, 0.15) is 6.42 Å². The number of sulfone groups is 1. The minimum Gasteiger partial charge on any atom is -0.376 e. The van der Waals surface area contributed by atoms with Crippen LogP contribution in [0.5, 0.6) is 0 Å². The van der Waals surface area contributed by atoms with E-state index in [1.165, 1.54) is 0 Å². The molecule has 2 rings (SSSR count). The van der Waals surface area contributed by atoms with Gasteiger partial charge >= 0.3 is 0 Å². The Hall–Kier alpha value is -1.56. The monoisotopic (exact) mass is 282 g/mol. The first-order chi connectivity index (χ1) is 9.07. The Morgan fingerprint density at radius 1 is 1.16 bits per heavy atom. The number of nitrogens with zero attached hydrogens (tertiary/aromatic N) is 1. The highest BCUT2D eigenvalue weighted by Crippen LogP contribution is 2.07. The van der Waals surface area contributed by atoms with Gasteiger partial charge in [-0.15, -0.1) is 0 Å². The molecule has 1 aliphatic heterocycles. The predicted octanol–water partition coefficient (Wildman–Crippen LogP) is 0.746. The van der Waals surface area contributed by atoms with Crippen LogP contribution in [0.2, 0.25) is 0 Å². The number of benzene rings is 1. The molecule has 0 aliphatic carbocycles. The Labute approximate surface area is 113 Å². The molecular formula is C13H18N2O3S. The SMILES string of the molecule is O=C(CNc1ccccc1)N1CCCS(=O)(=O)CC1.